The summed E-state index contributed by atoms with van der Waals surface area (Å²) in [4.78, 5) is 4.11. The van der Waals surface area contributed by atoms with Gasteiger partial charge in [0.15, 0.2) is 0 Å². The quantitative estimate of drug-likeness (QED) is 0.892. The van der Waals surface area contributed by atoms with Crippen LogP contribution in [0, 0.1) is 6.92 Å². The largest absolute Gasteiger partial charge is 0.418 e. The summed E-state index contributed by atoms with van der Waals surface area (Å²) >= 11 is 0. The van der Waals surface area contributed by atoms with Crippen molar-refractivity contribution in [1.29, 1.82) is 0 Å². The van der Waals surface area contributed by atoms with E-state index >= 15 is 0 Å². The molecule has 1 aromatic heterocycles. The van der Waals surface area contributed by atoms with E-state index in [1.807, 2.05) is 0 Å². The second-order valence-electron chi connectivity index (χ2n) is 3.84. The molecule has 1 heterocycles. The molecule has 0 aliphatic heterocycles. The topological polar surface area (TPSA) is 29.9 Å². The van der Waals surface area contributed by atoms with Gasteiger partial charge in [-0.25, -0.2) is 4.98 Å². The van der Waals surface area contributed by atoms with E-state index in [1.54, 1.807) is 26.2 Å². The van der Waals surface area contributed by atoms with E-state index in [2.05, 4.69) is 10.3 Å². The summed E-state index contributed by atoms with van der Waals surface area (Å²) in [7, 11) is 1.62. The molecular weight excluding hydrogens is 243 g/mol. The standard InChI is InChI=1S/C12H12F3N3/c1-8-7-18(11(16-2)17-8)10-6-4-3-5-9(10)12(13,14)15/h3-7H,1-2H3,(H,16,17). The Balaban J connectivity index is 2.64. The van der Waals surface area contributed by atoms with Gasteiger partial charge in [0.1, 0.15) is 0 Å². The lowest BCUT2D eigenvalue weighted by Crippen LogP contribution is -2.11. The number of aryl methyl sites for hydroxylation is 1. The van der Waals surface area contributed by atoms with Crippen LogP contribution in [0.5, 0.6) is 0 Å². The summed E-state index contributed by atoms with van der Waals surface area (Å²) in [6.07, 6.45) is -2.82. The first-order valence-corrected chi connectivity index (χ1v) is 5.34. The zero-order valence-corrected chi connectivity index (χ0v) is 9.92. The molecule has 0 aliphatic rings. The third kappa shape index (κ3) is 2.18. The number of nitrogens with zero attached hydrogens (tertiary/aromatic N) is 2. The van der Waals surface area contributed by atoms with E-state index in [-0.39, 0.29) is 5.69 Å². The molecule has 2 rings (SSSR count). The number of imidazole rings is 1. The molecule has 0 atom stereocenters. The zero-order valence-electron chi connectivity index (χ0n) is 9.92. The lowest BCUT2D eigenvalue weighted by atomic mass is 10.1. The third-order valence-electron chi connectivity index (χ3n) is 2.52. The highest BCUT2D eigenvalue weighted by Crippen LogP contribution is 2.34. The number of para-hydroxylation sites is 1. The van der Waals surface area contributed by atoms with Crippen molar-refractivity contribution < 1.29 is 13.2 Å². The van der Waals surface area contributed by atoms with Crippen molar-refractivity contribution in [3.8, 4) is 5.69 Å². The molecule has 18 heavy (non-hydrogen) atoms. The minimum Gasteiger partial charge on any atom is -0.358 e. The van der Waals surface area contributed by atoms with Crippen molar-refractivity contribution in [3.05, 3.63) is 41.7 Å². The summed E-state index contributed by atoms with van der Waals surface area (Å²) < 4.78 is 40.2. The number of aromatic nitrogens is 2. The van der Waals surface area contributed by atoms with Crippen molar-refractivity contribution in [1.82, 2.24) is 9.55 Å². The van der Waals surface area contributed by atoms with Crippen molar-refractivity contribution in [2.24, 2.45) is 0 Å². The maximum absolute atomic E-state index is 12.9. The van der Waals surface area contributed by atoms with Crippen LogP contribution in [0.4, 0.5) is 19.1 Å². The normalized spacial score (nSPS) is 11.6. The van der Waals surface area contributed by atoms with Crippen LogP contribution < -0.4 is 5.32 Å². The molecule has 1 aromatic carbocycles. The lowest BCUT2D eigenvalue weighted by Gasteiger charge is -2.14. The Kier molecular flexibility index (Phi) is 3.02. The molecule has 2 aromatic rings. The van der Waals surface area contributed by atoms with Gasteiger partial charge in [0, 0.05) is 13.2 Å². The third-order valence-corrected chi connectivity index (χ3v) is 2.52. The first-order chi connectivity index (χ1) is 8.43. The number of benzene rings is 1. The first kappa shape index (κ1) is 12.5. The number of hydrogen-bond donors (Lipinski definition) is 1. The van der Waals surface area contributed by atoms with Crippen LogP contribution in [-0.2, 0) is 6.18 Å². The molecule has 0 saturated heterocycles. The number of alkyl halides is 3. The smallest absolute Gasteiger partial charge is 0.358 e. The van der Waals surface area contributed by atoms with Crippen LogP contribution in [0.1, 0.15) is 11.3 Å². The van der Waals surface area contributed by atoms with Crippen LogP contribution in [-0.4, -0.2) is 16.6 Å². The molecule has 0 radical (unpaired) electrons. The Morgan fingerprint density at radius 1 is 1.22 bits per heavy atom. The average molecular weight is 255 g/mol. The Bertz CT molecular complexity index is 558. The molecule has 0 amide bonds. The highest BCUT2D eigenvalue weighted by Gasteiger charge is 2.34. The summed E-state index contributed by atoms with van der Waals surface area (Å²) in [5, 5.41) is 2.78. The van der Waals surface area contributed by atoms with Crippen molar-refractivity contribution in [3.63, 3.8) is 0 Å². The van der Waals surface area contributed by atoms with E-state index in [0.29, 0.717) is 11.6 Å². The maximum atomic E-state index is 12.9. The zero-order chi connectivity index (χ0) is 13.3. The molecule has 6 heteroatoms. The molecule has 0 aliphatic carbocycles. The molecule has 0 bridgehead atoms. The monoisotopic (exact) mass is 255 g/mol. The molecule has 3 nitrogen and oxygen atoms in total. The average Bonchev–Trinajstić information content (AvgIpc) is 2.69. The Hall–Kier alpha value is -1.98. The van der Waals surface area contributed by atoms with Crippen LogP contribution in [0.15, 0.2) is 30.5 Å². The van der Waals surface area contributed by atoms with Crippen molar-refractivity contribution in [2.45, 2.75) is 13.1 Å². The molecule has 1 N–H and O–H groups in total. The van der Waals surface area contributed by atoms with Crippen LogP contribution in [0.2, 0.25) is 0 Å². The Morgan fingerprint density at radius 3 is 2.50 bits per heavy atom. The predicted octanol–water partition coefficient (Wildman–Crippen LogP) is 3.24. The molecular formula is C12H12F3N3. The fourth-order valence-corrected chi connectivity index (χ4v) is 1.78. The number of nitrogens with one attached hydrogen (secondary N) is 1. The second-order valence-corrected chi connectivity index (χ2v) is 3.84. The van der Waals surface area contributed by atoms with Gasteiger partial charge < -0.3 is 5.32 Å². The lowest BCUT2D eigenvalue weighted by molar-refractivity contribution is -0.137. The second kappa shape index (κ2) is 4.36. The Labute approximate surface area is 102 Å². The number of hydrogen-bond acceptors (Lipinski definition) is 2. The molecule has 0 unspecified atom stereocenters. The number of anilines is 1. The summed E-state index contributed by atoms with van der Waals surface area (Å²) in [6, 6.07) is 5.42. The van der Waals surface area contributed by atoms with Crippen molar-refractivity contribution in [2.75, 3.05) is 12.4 Å². The Morgan fingerprint density at radius 2 is 1.89 bits per heavy atom. The van der Waals surface area contributed by atoms with Gasteiger partial charge in [-0.2, -0.15) is 13.2 Å². The van der Waals surface area contributed by atoms with Gasteiger partial charge in [0.2, 0.25) is 5.95 Å². The van der Waals surface area contributed by atoms with E-state index < -0.39 is 11.7 Å². The highest BCUT2D eigenvalue weighted by molar-refractivity contribution is 5.49. The van der Waals surface area contributed by atoms with Crippen LogP contribution in [0.3, 0.4) is 0 Å². The van der Waals surface area contributed by atoms with Gasteiger partial charge in [0.05, 0.1) is 16.9 Å². The van der Waals surface area contributed by atoms with E-state index in [0.717, 1.165) is 6.07 Å². The number of halogens is 3. The van der Waals surface area contributed by atoms with Crippen LogP contribution in [0.25, 0.3) is 5.69 Å². The minimum atomic E-state index is -4.39. The maximum Gasteiger partial charge on any atom is 0.418 e. The summed E-state index contributed by atoms with van der Waals surface area (Å²) in [5.74, 6) is 0.379. The predicted molar refractivity (Wildman–Crippen MR) is 62.8 cm³/mol. The van der Waals surface area contributed by atoms with Gasteiger partial charge >= 0.3 is 6.18 Å². The molecule has 96 valence electrons. The fraction of sp³-hybridized carbons (Fsp3) is 0.250. The molecule has 0 fully saturated rings. The van der Waals surface area contributed by atoms with Gasteiger partial charge in [-0.3, -0.25) is 4.57 Å². The molecule has 0 spiro atoms. The van der Waals surface area contributed by atoms with Crippen LogP contribution >= 0.6 is 0 Å². The number of rotatable bonds is 2. The minimum absolute atomic E-state index is 0.0648. The van der Waals surface area contributed by atoms with Gasteiger partial charge in [-0.1, -0.05) is 12.1 Å². The SMILES string of the molecule is CNc1nc(C)cn1-c1ccccc1C(F)(F)F. The first-order valence-electron chi connectivity index (χ1n) is 5.34. The van der Waals surface area contributed by atoms with E-state index in [4.69, 9.17) is 0 Å². The van der Waals surface area contributed by atoms with E-state index in [1.165, 1.54) is 16.7 Å². The van der Waals surface area contributed by atoms with Gasteiger partial charge in [-0.05, 0) is 19.1 Å². The highest BCUT2D eigenvalue weighted by atomic mass is 19.4. The summed E-state index contributed by atoms with van der Waals surface area (Å²) in [6.45, 7) is 1.73. The summed E-state index contributed by atoms with van der Waals surface area (Å²) in [5.41, 5.74) is 0.0326. The van der Waals surface area contributed by atoms with Crippen molar-refractivity contribution >= 4 is 5.95 Å². The fourth-order valence-electron chi connectivity index (χ4n) is 1.78. The molecule has 0 saturated carbocycles. The van der Waals surface area contributed by atoms with E-state index in [9.17, 15) is 13.2 Å². The van der Waals surface area contributed by atoms with Gasteiger partial charge in [0.25, 0.3) is 0 Å². The van der Waals surface area contributed by atoms with Gasteiger partial charge in [-0.15, -0.1) is 0 Å².